The predicted molar refractivity (Wildman–Crippen MR) is 53.1 cm³/mol. The van der Waals surface area contributed by atoms with E-state index < -0.39 is 0 Å². The fourth-order valence-electron chi connectivity index (χ4n) is 0.977. The summed E-state index contributed by atoms with van der Waals surface area (Å²) in [4.78, 5) is 0. The number of hydrogen-bond acceptors (Lipinski definition) is 3. The Morgan fingerprint density at radius 1 is 1.29 bits per heavy atom. The van der Waals surface area contributed by atoms with Crippen molar-refractivity contribution in [3.05, 3.63) is 35.6 Å². The van der Waals surface area contributed by atoms with Crippen LogP contribution in [0.2, 0.25) is 0 Å². The van der Waals surface area contributed by atoms with Crippen LogP contribution in [0.1, 0.15) is 5.56 Å². The molecule has 0 aliphatic carbocycles. The predicted octanol–water partition coefficient (Wildman–Crippen LogP) is 0.628. The summed E-state index contributed by atoms with van der Waals surface area (Å²) >= 11 is 0. The van der Waals surface area contributed by atoms with Crippen molar-refractivity contribution in [1.82, 2.24) is 0 Å². The van der Waals surface area contributed by atoms with Crippen molar-refractivity contribution in [2.24, 2.45) is 11.5 Å². The summed E-state index contributed by atoms with van der Waals surface area (Å²) in [6, 6.07) is 6.05. The number of rotatable bonds is 5. The maximum Gasteiger partial charge on any atom is 0.123 e. The van der Waals surface area contributed by atoms with Crippen LogP contribution in [0.4, 0.5) is 4.39 Å². The second kappa shape index (κ2) is 5.70. The standard InChI is InChI=1S/C10H15FN2O/c11-9-3-1-8(2-4-9)6-14-7-10(13)5-12/h1-4,10H,5-7,12-13H2/t10-/m0/s1. The van der Waals surface area contributed by atoms with Gasteiger partial charge >= 0.3 is 0 Å². The Morgan fingerprint density at radius 2 is 1.93 bits per heavy atom. The van der Waals surface area contributed by atoms with Gasteiger partial charge in [-0.3, -0.25) is 0 Å². The first kappa shape index (κ1) is 11.1. The minimum absolute atomic E-state index is 0.129. The lowest BCUT2D eigenvalue weighted by Crippen LogP contribution is -2.34. The van der Waals surface area contributed by atoms with E-state index in [-0.39, 0.29) is 11.9 Å². The normalized spacial score (nSPS) is 12.8. The van der Waals surface area contributed by atoms with Crippen LogP contribution in [0.25, 0.3) is 0 Å². The number of nitrogens with two attached hydrogens (primary N) is 2. The third kappa shape index (κ3) is 3.83. The van der Waals surface area contributed by atoms with Gasteiger partial charge in [0.05, 0.1) is 13.2 Å². The van der Waals surface area contributed by atoms with E-state index in [1.165, 1.54) is 12.1 Å². The molecule has 1 rings (SSSR count). The lowest BCUT2D eigenvalue weighted by molar-refractivity contribution is 0.109. The third-order valence-electron chi connectivity index (χ3n) is 1.82. The molecule has 4 heteroatoms. The molecule has 3 nitrogen and oxygen atoms in total. The Kier molecular flexibility index (Phi) is 4.52. The van der Waals surface area contributed by atoms with Gasteiger partial charge in [-0.25, -0.2) is 4.39 Å². The van der Waals surface area contributed by atoms with Crippen molar-refractivity contribution in [2.75, 3.05) is 13.2 Å². The highest BCUT2D eigenvalue weighted by atomic mass is 19.1. The van der Waals surface area contributed by atoms with Crippen molar-refractivity contribution in [3.8, 4) is 0 Å². The van der Waals surface area contributed by atoms with Crippen LogP contribution in [0, 0.1) is 5.82 Å². The summed E-state index contributed by atoms with van der Waals surface area (Å²) < 4.78 is 17.8. The Hall–Kier alpha value is -0.970. The van der Waals surface area contributed by atoms with Crippen molar-refractivity contribution in [1.29, 1.82) is 0 Å². The number of benzene rings is 1. The van der Waals surface area contributed by atoms with Crippen molar-refractivity contribution in [3.63, 3.8) is 0 Å². The van der Waals surface area contributed by atoms with Gasteiger partial charge in [-0.2, -0.15) is 0 Å². The smallest absolute Gasteiger partial charge is 0.123 e. The van der Waals surface area contributed by atoms with Crippen molar-refractivity contribution < 1.29 is 9.13 Å². The molecule has 14 heavy (non-hydrogen) atoms. The van der Waals surface area contributed by atoms with E-state index in [4.69, 9.17) is 16.2 Å². The van der Waals surface area contributed by atoms with Crippen molar-refractivity contribution >= 4 is 0 Å². The van der Waals surface area contributed by atoms with Gasteiger partial charge < -0.3 is 16.2 Å². The van der Waals surface area contributed by atoms with Gasteiger partial charge in [-0.05, 0) is 17.7 Å². The summed E-state index contributed by atoms with van der Waals surface area (Å²) in [5.74, 6) is -0.243. The molecule has 0 radical (unpaired) electrons. The molecule has 0 saturated heterocycles. The first-order valence-corrected chi connectivity index (χ1v) is 4.50. The van der Waals surface area contributed by atoms with E-state index in [2.05, 4.69) is 0 Å². The summed E-state index contributed by atoms with van der Waals surface area (Å²) in [5, 5.41) is 0. The van der Waals surface area contributed by atoms with E-state index in [0.717, 1.165) is 5.56 Å². The molecule has 0 aliphatic heterocycles. The maximum absolute atomic E-state index is 12.5. The zero-order chi connectivity index (χ0) is 10.4. The van der Waals surface area contributed by atoms with Gasteiger partial charge in [-0.1, -0.05) is 12.1 Å². The van der Waals surface area contributed by atoms with E-state index in [0.29, 0.717) is 19.8 Å². The molecule has 78 valence electrons. The molecule has 0 unspecified atom stereocenters. The topological polar surface area (TPSA) is 61.3 Å². The minimum Gasteiger partial charge on any atom is -0.375 e. The molecule has 0 aromatic heterocycles. The average molecular weight is 198 g/mol. The lowest BCUT2D eigenvalue weighted by Gasteiger charge is -2.09. The highest BCUT2D eigenvalue weighted by molar-refractivity contribution is 5.14. The molecule has 0 fully saturated rings. The van der Waals surface area contributed by atoms with Crippen molar-refractivity contribution in [2.45, 2.75) is 12.6 Å². The monoisotopic (exact) mass is 198 g/mol. The van der Waals surface area contributed by atoms with Gasteiger partial charge in [0.1, 0.15) is 5.82 Å². The van der Waals surface area contributed by atoms with Gasteiger partial charge in [0.15, 0.2) is 0 Å². The van der Waals surface area contributed by atoms with E-state index in [9.17, 15) is 4.39 Å². The quantitative estimate of drug-likeness (QED) is 0.729. The molecule has 1 aromatic carbocycles. The molecule has 0 heterocycles. The molecule has 0 amide bonds. The molecular formula is C10H15FN2O. The highest BCUT2D eigenvalue weighted by Crippen LogP contribution is 2.03. The van der Waals surface area contributed by atoms with Crippen LogP contribution in [-0.4, -0.2) is 19.2 Å². The summed E-state index contributed by atoms with van der Waals surface area (Å²) in [7, 11) is 0. The van der Waals surface area contributed by atoms with E-state index in [1.807, 2.05) is 0 Å². The molecule has 1 aromatic rings. The zero-order valence-corrected chi connectivity index (χ0v) is 7.95. The first-order valence-electron chi connectivity index (χ1n) is 4.50. The summed E-state index contributed by atoms with van der Waals surface area (Å²) in [6.45, 7) is 1.27. The Balaban J connectivity index is 2.28. The zero-order valence-electron chi connectivity index (χ0n) is 7.95. The highest BCUT2D eigenvalue weighted by Gasteiger charge is 1.99. The summed E-state index contributed by atoms with van der Waals surface area (Å²) in [5.41, 5.74) is 11.8. The van der Waals surface area contributed by atoms with E-state index in [1.54, 1.807) is 12.1 Å². The van der Waals surface area contributed by atoms with Gasteiger partial charge in [0.2, 0.25) is 0 Å². The maximum atomic E-state index is 12.5. The molecular weight excluding hydrogens is 183 g/mol. The Morgan fingerprint density at radius 3 is 2.50 bits per heavy atom. The lowest BCUT2D eigenvalue weighted by atomic mass is 10.2. The first-order chi connectivity index (χ1) is 6.72. The van der Waals surface area contributed by atoms with Crippen LogP contribution < -0.4 is 11.5 Å². The minimum atomic E-state index is -0.243. The van der Waals surface area contributed by atoms with Crippen LogP contribution in [0.15, 0.2) is 24.3 Å². The molecule has 0 aliphatic rings. The fourth-order valence-corrected chi connectivity index (χ4v) is 0.977. The van der Waals surface area contributed by atoms with Gasteiger partial charge in [-0.15, -0.1) is 0 Å². The van der Waals surface area contributed by atoms with Gasteiger partial charge in [0, 0.05) is 12.6 Å². The molecule has 0 bridgehead atoms. The SMILES string of the molecule is NC[C@H](N)COCc1ccc(F)cc1. The van der Waals surface area contributed by atoms with Crippen LogP contribution in [-0.2, 0) is 11.3 Å². The van der Waals surface area contributed by atoms with Gasteiger partial charge in [0.25, 0.3) is 0 Å². The second-order valence-electron chi connectivity index (χ2n) is 3.14. The fraction of sp³-hybridized carbons (Fsp3) is 0.400. The molecule has 0 saturated carbocycles. The number of ether oxygens (including phenoxy) is 1. The van der Waals surface area contributed by atoms with Crippen LogP contribution >= 0.6 is 0 Å². The number of halogens is 1. The van der Waals surface area contributed by atoms with Crippen LogP contribution in [0.3, 0.4) is 0 Å². The molecule has 4 N–H and O–H groups in total. The average Bonchev–Trinajstić information content (AvgIpc) is 2.21. The Bertz CT molecular complexity index is 263. The third-order valence-corrected chi connectivity index (χ3v) is 1.82. The second-order valence-corrected chi connectivity index (χ2v) is 3.14. The Labute approximate surface area is 82.9 Å². The van der Waals surface area contributed by atoms with E-state index >= 15 is 0 Å². The van der Waals surface area contributed by atoms with Crippen LogP contribution in [0.5, 0.6) is 0 Å². The summed E-state index contributed by atoms with van der Waals surface area (Å²) in [6.07, 6.45) is 0. The molecule has 1 atom stereocenters. The molecule has 0 spiro atoms. The number of hydrogen-bond donors (Lipinski definition) is 2. The largest absolute Gasteiger partial charge is 0.375 e.